The number of anilines is 1. The van der Waals surface area contributed by atoms with Gasteiger partial charge in [0.15, 0.2) is 0 Å². The summed E-state index contributed by atoms with van der Waals surface area (Å²) in [7, 11) is 0. The van der Waals surface area contributed by atoms with Crippen LogP contribution < -0.4 is 4.90 Å². The molecule has 24 heavy (non-hydrogen) atoms. The van der Waals surface area contributed by atoms with E-state index in [9.17, 15) is 4.79 Å². The van der Waals surface area contributed by atoms with Gasteiger partial charge in [0.1, 0.15) is 11.3 Å². The Bertz CT molecular complexity index is 718. The van der Waals surface area contributed by atoms with Crippen molar-refractivity contribution in [2.24, 2.45) is 5.41 Å². The molecule has 1 aromatic carbocycles. The molecule has 2 aliphatic rings. The third-order valence-electron chi connectivity index (χ3n) is 5.53. The van der Waals surface area contributed by atoms with Crippen LogP contribution in [-0.2, 0) is 0 Å². The predicted octanol–water partition coefficient (Wildman–Crippen LogP) is 3.03. The molecule has 2 saturated heterocycles. The van der Waals surface area contributed by atoms with Crippen molar-refractivity contribution in [1.29, 1.82) is 0 Å². The van der Waals surface area contributed by atoms with Crippen molar-refractivity contribution in [2.75, 3.05) is 31.1 Å². The van der Waals surface area contributed by atoms with Gasteiger partial charge >= 0.3 is 0 Å². The highest BCUT2D eigenvalue weighted by Gasteiger charge is 2.45. The number of likely N-dealkylation sites (tertiary alicyclic amines) is 1. The Morgan fingerprint density at radius 1 is 1.12 bits per heavy atom. The molecule has 1 spiro atoms. The van der Waals surface area contributed by atoms with Gasteiger partial charge < -0.3 is 14.3 Å². The number of carbonyl (C=O) groups is 1. The molecule has 126 valence electrons. The zero-order valence-corrected chi connectivity index (χ0v) is 14.3. The second-order valence-corrected chi connectivity index (χ2v) is 7.18. The molecule has 3 heterocycles. The minimum atomic E-state index is 0.0698. The fourth-order valence-corrected chi connectivity index (χ4v) is 4.03. The average Bonchev–Trinajstić information content (AvgIpc) is 2.92. The van der Waals surface area contributed by atoms with Crippen molar-refractivity contribution in [3.05, 3.63) is 47.3 Å². The summed E-state index contributed by atoms with van der Waals surface area (Å²) in [5, 5.41) is 3.90. The molecule has 2 aromatic rings. The lowest BCUT2D eigenvalue weighted by Crippen LogP contribution is -2.61. The molecule has 4 rings (SSSR count). The van der Waals surface area contributed by atoms with E-state index in [0.717, 1.165) is 39.0 Å². The number of para-hydroxylation sites is 1. The Morgan fingerprint density at radius 2 is 1.79 bits per heavy atom. The second-order valence-electron chi connectivity index (χ2n) is 7.18. The number of hydrogen-bond donors (Lipinski definition) is 0. The van der Waals surface area contributed by atoms with Crippen LogP contribution in [-0.4, -0.2) is 42.1 Å². The third kappa shape index (κ3) is 2.48. The summed E-state index contributed by atoms with van der Waals surface area (Å²) < 4.78 is 5.14. The highest BCUT2D eigenvalue weighted by Crippen LogP contribution is 2.42. The molecule has 2 fully saturated rings. The summed E-state index contributed by atoms with van der Waals surface area (Å²) in [6.45, 7) is 7.49. The predicted molar refractivity (Wildman–Crippen MR) is 92.2 cm³/mol. The molecule has 0 unspecified atom stereocenters. The summed E-state index contributed by atoms with van der Waals surface area (Å²) >= 11 is 0. The first kappa shape index (κ1) is 15.2. The number of rotatable bonds is 2. The van der Waals surface area contributed by atoms with Gasteiger partial charge in [-0.2, -0.15) is 0 Å². The van der Waals surface area contributed by atoms with Crippen molar-refractivity contribution in [3.8, 4) is 0 Å². The first-order valence-corrected chi connectivity index (χ1v) is 8.60. The van der Waals surface area contributed by atoms with E-state index in [4.69, 9.17) is 4.52 Å². The Kier molecular flexibility index (Phi) is 3.59. The summed E-state index contributed by atoms with van der Waals surface area (Å²) in [6.07, 6.45) is 2.15. The molecule has 5 heteroatoms. The van der Waals surface area contributed by atoms with Gasteiger partial charge in [-0.1, -0.05) is 23.4 Å². The van der Waals surface area contributed by atoms with E-state index < -0.39 is 0 Å². The molecule has 0 N–H and O–H groups in total. The maximum Gasteiger partial charge on any atom is 0.259 e. The molecule has 0 bridgehead atoms. The van der Waals surface area contributed by atoms with Crippen LogP contribution in [0.5, 0.6) is 0 Å². The molecule has 0 aliphatic carbocycles. The van der Waals surface area contributed by atoms with E-state index in [1.54, 1.807) is 0 Å². The summed E-state index contributed by atoms with van der Waals surface area (Å²) in [6, 6.07) is 10.6. The number of amides is 1. The van der Waals surface area contributed by atoms with E-state index in [0.29, 0.717) is 22.4 Å². The number of carbonyl (C=O) groups excluding carboxylic acids is 1. The van der Waals surface area contributed by atoms with Crippen molar-refractivity contribution >= 4 is 11.6 Å². The molecular formula is C19H23N3O2. The van der Waals surface area contributed by atoms with Crippen LogP contribution in [0.4, 0.5) is 5.69 Å². The van der Waals surface area contributed by atoms with Crippen LogP contribution in [0.2, 0.25) is 0 Å². The van der Waals surface area contributed by atoms with Gasteiger partial charge in [-0.25, -0.2) is 0 Å². The van der Waals surface area contributed by atoms with Crippen molar-refractivity contribution in [1.82, 2.24) is 10.1 Å². The summed E-state index contributed by atoms with van der Waals surface area (Å²) in [4.78, 5) is 17.1. The van der Waals surface area contributed by atoms with Gasteiger partial charge in [-0.3, -0.25) is 4.79 Å². The van der Waals surface area contributed by atoms with Crippen molar-refractivity contribution < 1.29 is 9.32 Å². The third-order valence-corrected chi connectivity index (χ3v) is 5.53. The zero-order chi connectivity index (χ0) is 16.7. The molecule has 0 saturated carbocycles. The molecule has 1 amide bonds. The molecule has 5 nitrogen and oxygen atoms in total. The molecule has 0 radical (unpaired) electrons. The van der Waals surface area contributed by atoms with E-state index in [1.165, 1.54) is 5.69 Å². The highest BCUT2D eigenvalue weighted by molar-refractivity contribution is 5.96. The lowest BCUT2D eigenvalue weighted by molar-refractivity contribution is 0.0501. The maximum atomic E-state index is 12.7. The van der Waals surface area contributed by atoms with Crippen molar-refractivity contribution in [3.63, 3.8) is 0 Å². The number of benzene rings is 1. The van der Waals surface area contributed by atoms with Crippen LogP contribution in [0.1, 0.15) is 34.7 Å². The zero-order valence-electron chi connectivity index (χ0n) is 14.3. The molecular weight excluding hydrogens is 302 g/mol. The minimum absolute atomic E-state index is 0.0698. The molecule has 0 atom stereocenters. The summed E-state index contributed by atoms with van der Waals surface area (Å²) in [5.41, 5.74) is 3.02. The average molecular weight is 325 g/mol. The van der Waals surface area contributed by atoms with Gasteiger partial charge in [0.25, 0.3) is 5.91 Å². The maximum absolute atomic E-state index is 12.7. The Hall–Kier alpha value is -2.30. The standard InChI is InChI=1S/C19H23N3O2/c1-14-17(15(2)24-20-14)18(23)21-10-8-19(9-11-21)12-22(13-19)16-6-4-3-5-7-16/h3-7H,8-13H2,1-2H3. The minimum Gasteiger partial charge on any atom is -0.370 e. The van der Waals surface area contributed by atoms with Gasteiger partial charge in [0.05, 0.1) is 5.69 Å². The summed E-state index contributed by atoms with van der Waals surface area (Å²) in [5.74, 6) is 0.692. The van der Waals surface area contributed by atoms with E-state index in [2.05, 4.69) is 40.4 Å². The quantitative estimate of drug-likeness (QED) is 0.851. The van der Waals surface area contributed by atoms with Crippen molar-refractivity contribution in [2.45, 2.75) is 26.7 Å². The van der Waals surface area contributed by atoms with Gasteiger partial charge in [-0.15, -0.1) is 0 Å². The lowest BCUT2D eigenvalue weighted by Gasteiger charge is -2.55. The fourth-order valence-electron chi connectivity index (χ4n) is 4.03. The molecule has 2 aliphatic heterocycles. The first-order valence-electron chi connectivity index (χ1n) is 8.60. The van der Waals surface area contributed by atoms with E-state index in [1.807, 2.05) is 18.7 Å². The smallest absolute Gasteiger partial charge is 0.259 e. The van der Waals surface area contributed by atoms with E-state index in [-0.39, 0.29) is 5.91 Å². The number of aryl methyl sites for hydroxylation is 2. The number of nitrogens with zero attached hydrogens (tertiary/aromatic N) is 3. The Labute approximate surface area is 142 Å². The topological polar surface area (TPSA) is 49.6 Å². The normalized spacial score (nSPS) is 19.4. The van der Waals surface area contributed by atoms with Crippen LogP contribution in [0.15, 0.2) is 34.9 Å². The number of piperidine rings is 1. The number of hydrogen-bond acceptors (Lipinski definition) is 4. The van der Waals surface area contributed by atoms with Gasteiger partial charge in [-0.05, 0) is 38.8 Å². The van der Waals surface area contributed by atoms with Gasteiger partial charge in [0.2, 0.25) is 0 Å². The molecule has 1 aromatic heterocycles. The van der Waals surface area contributed by atoms with Crippen LogP contribution in [0.3, 0.4) is 0 Å². The Balaban J connectivity index is 1.37. The second kappa shape index (κ2) is 5.65. The number of aromatic nitrogens is 1. The first-order chi connectivity index (χ1) is 11.6. The van der Waals surface area contributed by atoms with Gasteiger partial charge in [0, 0.05) is 37.3 Å². The van der Waals surface area contributed by atoms with E-state index >= 15 is 0 Å². The largest absolute Gasteiger partial charge is 0.370 e. The monoisotopic (exact) mass is 325 g/mol. The van der Waals surface area contributed by atoms with Crippen LogP contribution >= 0.6 is 0 Å². The highest BCUT2D eigenvalue weighted by atomic mass is 16.5. The SMILES string of the molecule is Cc1noc(C)c1C(=O)N1CCC2(CC1)CN(c1ccccc1)C2. The van der Waals surface area contributed by atoms with Crippen LogP contribution in [0.25, 0.3) is 0 Å². The lowest BCUT2D eigenvalue weighted by atomic mass is 9.71. The van der Waals surface area contributed by atoms with Crippen LogP contribution in [0, 0.1) is 19.3 Å². The fraction of sp³-hybridized carbons (Fsp3) is 0.474. The Morgan fingerprint density at radius 3 is 2.38 bits per heavy atom.